The number of para-hydroxylation sites is 2. The van der Waals surface area contributed by atoms with E-state index in [2.05, 4.69) is 17.1 Å². The summed E-state index contributed by atoms with van der Waals surface area (Å²) in [5.41, 5.74) is 3.83. The highest BCUT2D eigenvalue weighted by molar-refractivity contribution is 7.99. The van der Waals surface area contributed by atoms with Crippen LogP contribution in [0, 0.1) is 0 Å². The lowest BCUT2D eigenvalue weighted by Crippen LogP contribution is -2.35. The fourth-order valence-electron chi connectivity index (χ4n) is 4.02. The van der Waals surface area contributed by atoms with E-state index in [9.17, 15) is 14.7 Å². The monoisotopic (exact) mass is 487 g/mol. The van der Waals surface area contributed by atoms with Crippen LogP contribution in [0.1, 0.15) is 17.5 Å². The summed E-state index contributed by atoms with van der Waals surface area (Å²) in [6, 6.07) is 27.6. The Kier molecular flexibility index (Phi) is 8.57. The molecule has 0 aliphatic rings. The Bertz CT molecular complexity index is 1260. The maximum absolute atomic E-state index is 13.1. The highest BCUT2D eigenvalue weighted by atomic mass is 32.2. The third kappa shape index (κ3) is 6.96. The van der Waals surface area contributed by atoms with Crippen molar-refractivity contribution in [3.63, 3.8) is 0 Å². The van der Waals surface area contributed by atoms with Crippen LogP contribution in [0.3, 0.4) is 0 Å². The van der Waals surface area contributed by atoms with Gasteiger partial charge < -0.3 is 14.6 Å². The van der Waals surface area contributed by atoms with Crippen molar-refractivity contribution < 1.29 is 14.7 Å². The number of carbonyl (C=O) groups excluding carboxylic acids is 1. The van der Waals surface area contributed by atoms with Gasteiger partial charge >= 0.3 is 5.97 Å². The molecule has 1 aromatic heterocycles. The number of nitrogens with zero attached hydrogens (tertiary/aromatic N) is 3. The van der Waals surface area contributed by atoms with Crippen LogP contribution < -0.4 is 0 Å². The topological polar surface area (TPSA) is 75.4 Å². The van der Waals surface area contributed by atoms with Crippen molar-refractivity contribution in [2.24, 2.45) is 0 Å². The minimum Gasteiger partial charge on any atom is -0.480 e. The maximum Gasteiger partial charge on any atom is 0.323 e. The molecule has 0 saturated carbocycles. The summed E-state index contributed by atoms with van der Waals surface area (Å²) >= 11 is 1.54. The van der Waals surface area contributed by atoms with Gasteiger partial charge in [0.2, 0.25) is 5.91 Å². The number of hydrogen-bond acceptors (Lipinski definition) is 4. The zero-order valence-corrected chi connectivity index (χ0v) is 20.4. The third-order valence-corrected chi connectivity index (χ3v) is 6.84. The molecule has 35 heavy (non-hydrogen) atoms. The molecule has 0 radical (unpaired) electrons. The summed E-state index contributed by atoms with van der Waals surface area (Å²) in [5, 5.41) is 10.0. The fourth-order valence-corrected chi connectivity index (χ4v) is 4.96. The molecule has 1 N–H and O–H groups in total. The second-order valence-corrected chi connectivity index (χ2v) is 9.41. The van der Waals surface area contributed by atoms with Gasteiger partial charge in [-0.1, -0.05) is 84.6 Å². The number of amides is 1. The quantitative estimate of drug-likeness (QED) is 0.227. The highest BCUT2D eigenvalue weighted by Gasteiger charge is 2.16. The molecule has 180 valence electrons. The van der Waals surface area contributed by atoms with E-state index in [-0.39, 0.29) is 12.5 Å². The van der Waals surface area contributed by atoms with Crippen molar-refractivity contribution in [3.05, 3.63) is 96.1 Å². The van der Waals surface area contributed by atoms with Crippen LogP contribution in [-0.2, 0) is 29.0 Å². The normalized spacial score (nSPS) is 11.0. The van der Waals surface area contributed by atoms with Gasteiger partial charge in [0.05, 0.1) is 17.5 Å². The average molecular weight is 488 g/mol. The van der Waals surface area contributed by atoms with Crippen molar-refractivity contribution in [2.75, 3.05) is 18.8 Å². The molecule has 0 fully saturated rings. The lowest BCUT2D eigenvalue weighted by molar-refractivity contribution is -0.137. The highest BCUT2D eigenvalue weighted by Crippen LogP contribution is 2.24. The molecule has 0 aliphatic heterocycles. The number of aliphatic carboxylic acids is 1. The van der Waals surface area contributed by atoms with E-state index >= 15 is 0 Å². The number of carboxylic acids is 1. The minimum atomic E-state index is -0.895. The van der Waals surface area contributed by atoms with Crippen molar-refractivity contribution in [1.29, 1.82) is 0 Å². The van der Waals surface area contributed by atoms with Crippen LogP contribution in [0.4, 0.5) is 0 Å². The number of hydrogen-bond donors (Lipinski definition) is 1. The van der Waals surface area contributed by atoms with Crippen LogP contribution in [0.15, 0.2) is 90.1 Å². The summed E-state index contributed by atoms with van der Waals surface area (Å²) in [4.78, 5) is 31.1. The number of rotatable bonds is 12. The maximum atomic E-state index is 13.1. The number of benzene rings is 3. The molecule has 0 aliphatic carbocycles. The summed E-state index contributed by atoms with van der Waals surface area (Å²) in [6.07, 6.45) is 1.98. The van der Waals surface area contributed by atoms with E-state index in [0.717, 1.165) is 35.2 Å². The SMILES string of the molecule is O=C(O)Cn1c(SCCCN(CCc2ccccc2)C(=O)Cc2ccccc2)nc2ccccc21. The molecule has 0 saturated heterocycles. The van der Waals surface area contributed by atoms with Gasteiger partial charge in [0.25, 0.3) is 0 Å². The molecule has 0 spiro atoms. The Labute approximate surface area is 209 Å². The van der Waals surface area contributed by atoms with E-state index in [0.29, 0.717) is 24.7 Å². The molecule has 0 atom stereocenters. The summed E-state index contributed by atoms with van der Waals surface area (Å²) < 4.78 is 1.75. The van der Waals surface area contributed by atoms with Crippen molar-refractivity contribution in [1.82, 2.24) is 14.5 Å². The van der Waals surface area contributed by atoms with Gasteiger partial charge in [0.1, 0.15) is 6.54 Å². The summed E-state index contributed by atoms with van der Waals surface area (Å²) in [6.45, 7) is 1.18. The molecule has 0 unspecified atom stereocenters. The van der Waals surface area contributed by atoms with E-state index in [4.69, 9.17) is 0 Å². The fraction of sp³-hybridized carbons (Fsp3) is 0.250. The summed E-state index contributed by atoms with van der Waals surface area (Å²) in [7, 11) is 0. The molecule has 1 heterocycles. The molecule has 1 amide bonds. The van der Waals surface area contributed by atoms with Gasteiger partial charge in [0, 0.05) is 18.8 Å². The predicted molar refractivity (Wildman–Crippen MR) is 140 cm³/mol. The van der Waals surface area contributed by atoms with Gasteiger partial charge in [-0.05, 0) is 36.1 Å². The molecule has 4 rings (SSSR count). The van der Waals surface area contributed by atoms with Crippen molar-refractivity contribution >= 4 is 34.7 Å². The number of thioether (sulfide) groups is 1. The number of fused-ring (bicyclic) bond motifs is 1. The lowest BCUT2D eigenvalue weighted by atomic mass is 10.1. The second kappa shape index (κ2) is 12.2. The largest absolute Gasteiger partial charge is 0.480 e. The van der Waals surface area contributed by atoms with Crippen molar-refractivity contribution in [2.45, 2.75) is 31.0 Å². The lowest BCUT2D eigenvalue weighted by Gasteiger charge is -2.23. The Morgan fingerprint density at radius 2 is 1.51 bits per heavy atom. The zero-order valence-electron chi connectivity index (χ0n) is 19.5. The van der Waals surface area contributed by atoms with E-state index in [1.807, 2.05) is 77.7 Å². The van der Waals surface area contributed by atoms with Gasteiger partial charge in [-0.25, -0.2) is 4.98 Å². The van der Waals surface area contributed by atoms with Crippen molar-refractivity contribution in [3.8, 4) is 0 Å². The van der Waals surface area contributed by atoms with E-state index in [1.54, 1.807) is 4.57 Å². The second-order valence-electron chi connectivity index (χ2n) is 8.34. The van der Waals surface area contributed by atoms with E-state index < -0.39 is 5.97 Å². The molecule has 0 bridgehead atoms. The molecule has 7 heteroatoms. The number of aromatic nitrogens is 2. The first-order valence-electron chi connectivity index (χ1n) is 11.8. The minimum absolute atomic E-state index is 0.121. The molecular weight excluding hydrogens is 458 g/mol. The van der Waals surface area contributed by atoms with Gasteiger partial charge in [-0.3, -0.25) is 9.59 Å². The predicted octanol–water partition coefficient (Wildman–Crippen LogP) is 4.92. The summed E-state index contributed by atoms with van der Waals surface area (Å²) in [5.74, 6) is -0.0347. The zero-order chi connectivity index (χ0) is 24.5. The first-order valence-corrected chi connectivity index (χ1v) is 12.7. The smallest absolute Gasteiger partial charge is 0.323 e. The van der Waals surface area contributed by atoms with Crippen LogP contribution in [0.25, 0.3) is 11.0 Å². The number of carboxylic acid groups (broad SMARTS) is 1. The van der Waals surface area contributed by atoms with Crippen LogP contribution in [0.2, 0.25) is 0 Å². The van der Waals surface area contributed by atoms with Crippen LogP contribution in [-0.4, -0.2) is 50.3 Å². The molecule has 3 aromatic carbocycles. The first kappa shape index (κ1) is 24.5. The third-order valence-electron chi connectivity index (χ3n) is 5.78. The van der Waals surface area contributed by atoms with E-state index in [1.165, 1.54) is 17.3 Å². The molecule has 6 nitrogen and oxygen atoms in total. The Morgan fingerprint density at radius 1 is 0.857 bits per heavy atom. The molecular formula is C28H29N3O3S. The van der Waals surface area contributed by atoms with Gasteiger partial charge in [-0.2, -0.15) is 0 Å². The van der Waals surface area contributed by atoms with Gasteiger partial charge in [0.15, 0.2) is 5.16 Å². The van der Waals surface area contributed by atoms with Gasteiger partial charge in [-0.15, -0.1) is 0 Å². The van der Waals surface area contributed by atoms with Crippen LogP contribution >= 0.6 is 11.8 Å². The Hall–Kier alpha value is -3.58. The number of carbonyl (C=O) groups is 2. The first-order chi connectivity index (χ1) is 17.1. The molecule has 4 aromatic rings. The van der Waals surface area contributed by atoms with Crippen LogP contribution in [0.5, 0.6) is 0 Å². The Morgan fingerprint density at radius 3 is 2.23 bits per heavy atom. The standard InChI is InChI=1S/C28H29N3O3S/c32-26(20-23-12-5-2-6-13-23)30(18-16-22-10-3-1-4-11-22)17-9-19-35-28-29-24-14-7-8-15-25(24)31(28)21-27(33)34/h1-8,10-15H,9,16-21H2,(H,33,34). The number of imidazole rings is 1. The average Bonchev–Trinajstić information content (AvgIpc) is 3.21. The Balaban J connectivity index is 1.39.